The van der Waals surface area contributed by atoms with E-state index < -0.39 is 0 Å². The quantitative estimate of drug-likeness (QED) is 0.867. The fourth-order valence-electron chi connectivity index (χ4n) is 3.47. The summed E-state index contributed by atoms with van der Waals surface area (Å²) in [6, 6.07) is 7.64. The molecule has 2 heteroatoms. The van der Waals surface area contributed by atoms with Gasteiger partial charge in [0.25, 0.3) is 0 Å². The van der Waals surface area contributed by atoms with Gasteiger partial charge in [-0.2, -0.15) is 0 Å². The van der Waals surface area contributed by atoms with Crippen molar-refractivity contribution in [3.05, 3.63) is 29.8 Å². The lowest BCUT2D eigenvalue weighted by Gasteiger charge is -2.41. The maximum Gasteiger partial charge on any atom is 0.115 e. The van der Waals surface area contributed by atoms with Crippen LogP contribution >= 0.6 is 0 Å². The van der Waals surface area contributed by atoms with Gasteiger partial charge in [-0.3, -0.25) is 0 Å². The summed E-state index contributed by atoms with van der Waals surface area (Å²) in [5.41, 5.74) is 7.55. The predicted octanol–water partition coefficient (Wildman–Crippen LogP) is 3.73. The van der Waals surface area contributed by atoms with Gasteiger partial charge in [-0.05, 0) is 73.6 Å². The van der Waals surface area contributed by atoms with Crippen molar-refractivity contribution in [2.24, 2.45) is 23.0 Å². The zero-order chi connectivity index (χ0) is 13.9. The van der Waals surface area contributed by atoms with E-state index in [4.69, 9.17) is 5.73 Å². The van der Waals surface area contributed by atoms with Gasteiger partial charge in [0.15, 0.2) is 0 Å². The fourth-order valence-corrected chi connectivity index (χ4v) is 3.47. The number of hydrogen-bond acceptors (Lipinski definition) is 2. The Morgan fingerprint density at radius 3 is 2.53 bits per heavy atom. The van der Waals surface area contributed by atoms with Crippen molar-refractivity contribution in [1.29, 1.82) is 0 Å². The van der Waals surface area contributed by atoms with E-state index in [1.54, 1.807) is 6.07 Å². The van der Waals surface area contributed by atoms with Crippen molar-refractivity contribution in [2.75, 3.05) is 6.54 Å². The van der Waals surface area contributed by atoms with Crippen molar-refractivity contribution in [3.63, 3.8) is 0 Å². The lowest BCUT2D eigenvalue weighted by atomic mass is 9.65. The SMILES string of the molecule is CC(C)C1CCC(CN)(Cc2cccc(O)c2)CC1. The van der Waals surface area contributed by atoms with E-state index in [0.717, 1.165) is 24.8 Å². The Morgan fingerprint density at radius 1 is 1.32 bits per heavy atom. The van der Waals surface area contributed by atoms with Gasteiger partial charge in [0, 0.05) is 0 Å². The van der Waals surface area contributed by atoms with Crippen LogP contribution in [-0.4, -0.2) is 11.7 Å². The van der Waals surface area contributed by atoms with Crippen molar-refractivity contribution in [1.82, 2.24) is 0 Å². The molecule has 1 aromatic rings. The highest BCUT2D eigenvalue weighted by Crippen LogP contribution is 2.43. The third-order valence-corrected chi connectivity index (χ3v) is 4.96. The van der Waals surface area contributed by atoms with E-state index in [9.17, 15) is 5.11 Å². The average Bonchev–Trinajstić information content (AvgIpc) is 2.39. The molecule has 0 aliphatic heterocycles. The molecule has 0 amide bonds. The first-order chi connectivity index (χ1) is 9.04. The van der Waals surface area contributed by atoms with Crippen molar-refractivity contribution >= 4 is 0 Å². The van der Waals surface area contributed by atoms with E-state index in [0.29, 0.717) is 5.75 Å². The van der Waals surface area contributed by atoms with Crippen molar-refractivity contribution in [3.8, 4) is 5.75 Å². The molecule has 106 valence electrons. The first kappa shape index (κ1) is 14.4. The highest BCUT2D eigenvalue weighted by Gasteiger charge is 2.35. The van der Waals surface area contributed by atoms with Gasteiger partial charge >= 0.3 is 0 Å². The first-order valence-corrected chi connectivity index (χ1v) is 7.53. The normalized spacial score (nSPS) is 27.7. The molecular formula is C17H27NO. The van der Waals surface area contributed by atoms with Crippen LogP contribution in [0.2, 0.25) is 0 Å². The summed E-state index contributed by atoms with van der Waals surface area (Å²) in [4.78, 5) is 0. The third kappa shape index (κ3) is 3.50. The Labute approximate surface area is 117 Å². The molecule has 1 fully saturated rings. The van der Waals surface area contributed by atoms with Crippen LogP contribution in [0.3, 0.4) is 0 Å². The molecule has 0 unspecified atom stereocenters. The van der Waals surface area contributed by atoms with Crippen molar-refractivity contribution < 1.29 is 5.11 Å². The number of rotatable bonds is 4. The van der Waals surface area contributed by atoms with E-state index in [1.165, 1.54) is 31.2 Å². The van der Waals surface area contributed by atoms with Crippen LogP contribution in [0, 0.1) is 17.3 Å². The second-order valence-corrected chi connectivity index (χ2v) is 6.63. The summed E-state index contributed by atoms with van der Waals surface area (Å²) >= 11 is 0. The van der Waals surface area contributed by atoms with E-state index in [2.05, 4.69) is 19.9 Å². The molecule has 0 atom stereocenters. The Kier molecular flexibility index (Phi) is 4.51. The molecule has 1 aliphatic rings. The van der Waals surface area contributed by atoms with Crippen LogP contribution in [0.5, 0.6) is 5.75 Å². The molecule has 19 heavy (non-hydrogen) atoms. The molecule has 0 radical (unpaired) electrons. The minimum Gasteiger partial charge on any atom is -0.508 e. The van der Waals surface area contributed by atoms with Crippen LogP contribution < -0.4 is 5.73 Å². The fraction of sp³-hybridized carbons (Fsp3) is 0.647. The van der Waals surface area contributed by atoms with Gasteiger partial charge in [0.2, 0.25) is 0 Å². The van der Waals surface area contributed by atoms with Crippen LogP contribution in [0.15, 0.2) is 24.3 Å². The zero-order valence-corrected chi connectivity index (χ0v) is 12.2. The monoisotopic (exact) mass is 261 g/mol. The highest BCUT2D eigenvalue weighted by molar-refractivity contribution is 5.28. The maximum absolute atomic E-state index is 9.58. The standard InChI is InChI=1S/C17H27NO/c1-13(2)15-6-8-17(12-18,9-7-15)11-14-4-3-5-16(19)10-14/h3-5,10,13,15,19H,6-9,11-12,18H2,1-2H3. The molecule has 0 spiro atoms. The summed E-state index contributed by atoms with van der Waals surface area (Å²) < 4.78 is 0. The minimum absolute atomic E-state index is 0.249. The molecule has 2 nitrogen and oxygen atoms in total. The predicted molar refractivity (Wildman–Crippen MR) is 80.1 cm³/mol. The van der Waals surface area contributed by atoms with Gasteiger partial charge < -0.3 is 10.8 Å². The van der Waals surface area contributed by atoms with E-state index in [1.807, 2.05) is 12.1 Å². The molecule has 3 N–H and O–H groups in total. The molecule has 1 aromatic carbocycles. The van der Waals surface area contributed by atoms with Gasteiger partial charge in [0.1, 0.15) is 5.75 Å². The van der Waals surface area contributed by atoms with Gasteiger partial charge in [-0.15, -0.1) is 0 Å². The zero-order valence-electron chi connectivity index (χ0n) is 12.2. The Balaban J connectivity index is 2.04. The lowest BCUT2D eigenvalue weighted by Crippen LogP contribution is -2.37. The minimum atomic E-state index is 0.249. The Bertz CT molecular complexity index is 405. The van der Waals surface area contributed by atoms with Gasteiger partial charge in [-0.25, -0.2) is 0 Å². The molecule has 2 rings (SSSR count). The van der Waals surface area contributed by atoms with Gasteiger partial charge in [-0.1, -0.05) is 26.0 Å². The van der Waals surface area contributed by atoms with Crippen molar-refractivity contribution in [2.45, 2.75) is 46.0 Å². The second-order valence-electron chi connectivity index (χ2n) is 6.63. The summed E-state index contributed by atoms with van der Waals surface area (Å²) in [5.74, 6) is 2.01. The molecule has 0 heterocycles. The second kappa shape index (κ2) is 5.96. The lowest BCUT2D eigenvalue weighted by molar-refractivity contribution is 0.132. The van der Waals surface area contributed by atoms with E-state index in [-0.39, 0.29) is 5.41 Å². The summed E-state index contributed by atoms with van der Waals surface area (Å²) in [7, 11) is 0. The van der Waals surface area contributed by atoms with E-state index >= 15 is 0 Å². The largest absolute Gasteiger partial charge is 0.508 e. The molecule has 0 aromatic heterocycles. The molecule has 0 saturated heterocycles. The molecule has 0 bridgehead atoms. The number of phenols is 1. The molecule has 1 aliphatic carbocycles. The number of benzene rings is 1. The van der Waals surface area contributed by atoms with Crippen LogP contribution in [-0.2, 0) is 6.42 Å². The van der Waals surface area contributed by atoms with Crippen LogP contribution in [0.1, 0.15) is 45.1 Å². The highest BCUT2D eigenvalue weighted by atomic mass is 16.3. The first-order valence-electron chi connectivity index (χ1n) is 7.53. The maximum atomic E-state index is 9.58. The van der Waals surface area contributed by atoms with Gasteiger partial charge in [0.05, 0.1) is 0 Å². The number of aromatic hydroxyl groups is 1. The Morgan fingerprint density at radius 2 is 2.00 bits per heavy atom. The number of nitrogens with two attached hydrogens (primary N) is 1. The Hall–Kier alpha value is -1.02. The topological polar surface area (TPSA) is 46.2 Å². The van der Waals surface area contributed by atoms with Crippen LogP contribution in [0.4, 0.5) is 0 Å². The summed E-state index contributed by atoms with van der Waals surface area (Å²) in [6.07, 6.45) is 6.05. The summed E-state index contributed by atoms with van der Waals surface area (Å²) in [6.45, 7) is 5.41. The third-order valence-electron chi connectivity index (χ3n) is 4.96. The smallest absolute Gasteiger partial charge is 0.115 e. The number of hydrogen-bond donors (Lipinski definition) is 2. The molecule has 1 saturated carbocycles. The number of phenolic OH excluding ortho intramolecular Hbond substituents is 1. The average molecular weight is 261 g/mol. The van der Waals surface area contributed by atoms with Crippen LogP contribution in [0.25, 0.3) is 0 Å². The summed E-state index contributed by atoms with van der Waals surface area (Å²) in [5, 5.41) is 9.58. The molecular weight excluding hydrogens is 234 g/mol.